The first-order valence-electron chi connectivity index (χ1n) is 6.15. The van der Waals surface area contributed by atoms with Crippen LogP contribution in [0.2, 0.25) is 5.02 Å². The van der Waals surface area contributed by atoms with Crippen LogP contribution >= 0.6 is 11.6 Å². The number of carbonyl (C=O) groups is 1. The van der Waals surface area contributed by atoms with Gasteiger partial charge >= 0.3 is 0 Å². The molecule has 2 rings (SSSR count). The van der Waals surface area contributed by atoms with Crippen molar-refractivity contribution in [3.05, 3.63) is 64.7 Å². The number of carbonyl (C=O) groups excluding carboxylic acids is 1. The summed E-state index contributed by atoms with van der Waals surface area (Å²) in [5, 5.41) is 3.27. The van der Waals surface area contributed by atoms with Crippen molar-refractivity contribution in [2.45, 2.75) is 6.92 Å². The smallest absolute Gasteiger partial charge is 0.248 e. The molecule has 4 heteroatoms. The van der Waals surface area contributed by atoms with Crippen molar-refractivity contribution in [3.8, 4) is 0 Å². The minimum atomic E-state index is -0.227. The van der Waals surface area contributed by atoms with Crippen molar-refractivity contribution in [1.29, 1.82) is 0 Å². The van der Waals surface area contributed by atoms with Gasteiger partial charge in [-0.25, -0.2) is 0 Å². The molecule has 0 unspecified atom stereocenters. The van der Waals surface area contributed by atoms with E-state index in [2.05, 4.69) is 5.32 Å². The highest BCUT2D eigenvalue weighted by atomic mass is 35.5. The van der Waals surface area contributed by atoms with Crippen molar-refractivity contribution < 1.29 is 4.79 Å². The normalized spacial score (nSPS) is 10.7. The number of nitrogens with two attached hydrogens (primary N) is 1. The van der Waals surface area contributed by atoms with Gasteiger partial charge in [0.1, 0.15) is 0 Å². The molecule has 0 radical (unpaired) electrons. The average Bonchev–Trinajstić information content (AvgIpc) is 2.42. The Balaban J connectivity index is 2.05. The van der Waals surface area contributed by atoms with Gasteiger partial charge in [0.2, 0.25) is 5.91 Å². The zero-order chi connectivity index (χ0) is 14.5. The highest BCUT2D eigenvalue weighted by Crippen LogP contribution is 2.22. The summed E-state index contributed by atoms with van der Waals surface area (Å²) in [6.45, 7) is 1.94. The molecule has 0 saturated heterocycles. The average molecular weight is 287 g/mol. The van der Waals surface area contributed by atoms with Crippen LogP contribution < -0.4 is 11.1 Å². The molecule has 20 heavy (non-hydrogen) atoms. The predicted octanol–water partition coefficient (Wildman–Crippen LogP) is 3.88. The highest BCUT2D eigenvalue weighted by Gasteiger charge is 2.03. The monoisotopic (exact) mass is 286 g/mol. The van der Waals surface area contributed by atoms with Gasteiger partial charge in [-0.2, -0.15) is 0 Å². The lowest BCUT2D eigenvalue weighted by Gasteiger charge is -2.05. The number of nitrogen functional groups attached to an aromatic ring is 1. The van der Waals surface area contributed by atoms with Gasteiger partial charge in [-0.1, -0.05) is 29.8 Å². The maximum atomic E-state index is 11.8. The first-order chi connectivity index (χ1) is 9.54. The topological polar surface area (TPSA) is 55.1 Å². The number of hydrogen-bond acceptors (Lipinski definition) is 2. The molecule has 0 aromatic heterocycles. The van der Waals surface area contributed by atoms with Crippen molar-refractivity contribution in [3.63, 3.8) is 0 Å². The van der Waals surface area contributed by atoms with Crippen LogP contribution in [-0.2, 0) is 4.79 Å². The fourth-order valence-corrected chi connectivity index (χ4v) is 1.85. The second-order valence-corrected chi connectivity index (χ2v) is 4.88. The molecule has 0 fully saturated rings. The molecule has 3 nitrogen and oxygen atoms in total. The van der Waals surface area contributed by atoms with E-state index in [1.807, 2.05) is 31.2 Å². The largest absolute Gasteiger partial charge is 0.399 e. The van der Waals surface area contributed by atoms with Crippen LogP contribution in [0.25, 0.3) is 6.08 Å². The molecular weight excluding hydrogens is 272 g/mol. The van der Waals surface area contributed by atoms with Gasteiger partial charge in [0.05, 0.1) is 10.7 Å². The molecule has 0 saturated carbocycles. The summed E-state index contributed by atoms with van der Waals surface area (Å²) in [5.74, 6) is -0.227. The quantitative estimate of drug-likeness (QED) is 0.664. The number of halogens is 1. The molecule has 0 bridgehead atoms. The Kier molecular flexibility index (Phi) is 4.43. The van der Waals surface area contributed by atoms with Crippen molar-refractivity contribution >= 4 is 35.0 Å². The van der Waals surface area contributed by atoms with E-state index in [0.29, 0.717) is 16.4 Å². The van der Waals surface area contributed by atoms with E-state index in [1.54, 1.807) is 24.3 Å². The van der Waals surface area contributed by atoms with Crippen LogP contribution in [0.4, 0.5) is 11.4 Å². The Bertz CT molecular complexity index is 648. The maximum Gasteiger partial charge on any atom is 0.248 e. The van der Waals surface area contributed by atoms with Crippen LogP contribution in [0.1, 0.15) is 11.1 Å². The molecule has 0 atom stereocenters. The zero-order valence-electron chi connectivity index (χ0n) is 11.1. The first kappa shape index (κ1) is 14.2. The van der Waals surface area contributed by atoms with Gasteiger partial charge in [-0.3, -0.25) is 4.79 Å². The van der Waals surface area contributed by atoms with Crippen LogP contribution in [0.5, 0.6) is 0 Å². The third-order valence-electron chi connectivity index (χ3n) is 2.74. The molecular formula is C16H15ClN2O. The van der Waals surface area contributed by atoms with Crippen molar-refractivity contribution in [2.75, 3.05) is 11.1 Å². The van der Waals surface area contributed by atoms with Crippen molar-refractivity contribution in [1.82, 2.24) is 0 Å². The molecule has 102 valence electrons. The van der Waals surface area contributed by atoms with Gasteiger partial charge < -0.3 is 11.1 Å². The fourth-order valence-electron chi connectivity index (χ4n) is 1.69. The molecule has 0 aliphatic rings. The lowest BCUT2D eigenvalue weighted by molar-refractivity contribution is -0.111. The maximum absolute atomic E-state index is 11.8. The molecule has 2 aromatic carbocycles. The number of anilines is 2. The molecule has 0 aliphatic heterocycles. The van der Waals surface area contributed by atoms with Crippen molar-refractivity contribution in [2.24, 2.45) is 0 Å². The number of aryl methyl sites for hydroxylation is 1. The molecule has 1 amide bonds. The van der Waals surface area contributed by atoms with Crippen LogP contribution in [0, 0.1) is 6.92 Å². The molecule has 0 heterocycles. The predicted molar refractivity (Wildman–Crippen MR) is 84.7 cm³/mol. The lowest BCUT2D eigenvalue weighted by atomic mass is 10.2. The fraction of sp³-hybridized carbons (Fsp3) is 0.0625. The Morgan fingerprint density at radius 3 is 2.60 bits per heavy atom. The number of hydrogen-bond donors (Lipinski definition) is 2. The van der Waals surface area contributed by atoms with Gasteiger partial charge in [0.15, 0.2) is 0 Å². The molecule has 3 N–H and O–H groups in total. The zero-order valence-corrected chi connectivity index (χ0v) is 11.8. The Morgan fingerprint density at radius 1 is 1.20 bits per heavy atom. The molecule has 0 aliphatic carbocycles. The van der Waals surface area contributed by atoms with Gasteiger partial charge in [-0.15, -0.1) is 0 Å². The third-order valence-corrected chi connectivity index (χ3v) is 3.07. The van der Waals surface area contributed by atoms with Crippen LogP contribution in [0.3, 0.4) is 0 Å². The van der Waals surface area contributed by atoms with E-state index in [0.717, 1.165) is 11.1 Å². The van der Waals surface area contributed by atoms with E-state index in [4.69, 9.17) is 17.3 Å². The number of rotatable bonds is 3. The van der Waals surface area contributed by atoms with E-state index in [1.165, 1.54) is 6.08 Å². The van der Waals surface area contributed by atoms with E-state index in [-0.39, 0.29) is 5.91 Å². The molecule has 2 aromatic rings. The second-order valence-electron chi connectivity index (χ2n) is 4.47. The summed E-state index contributed by atoms with van der Waals surface area (Å²) in [6.07, 6.45) is 3.18. The summed E-state index contributed by atoms with van der Waals surface area (Å²) in [5.41, 5.74) is 8.84. The number of nitrogens with one attached hydrogen (secondary N) is 1. The minimum absolute atomic E-state index is 0.227. The lowest BCUT2D eigenvalue weighted by Crippen LogP contribution is -2.08. The second kappa shape index (κ2) is 6.26. The summed E-state index contributed by atoms with van der Waals surface area (Å²) in [4.78, 5) is 11.8. The van der Waals surface area contributed by atoms with E-state index in [9.17, 15) is 4.79 Å². The van der Waals surface area contributed by atoms with Gasteiger partial charge in [0.25, 0.3) is 0 Å². The first-order valence-corrected chi connectivity index (χ1v) is 6.53. The Hall–Kier alpha value is -2.26. The standard InChI is InChI=1S/C16H15ClN2O/c1-11-2-8-14(17)15(10-11)19-16(20)9-5-12-3-6-13(18)7-4-12/h2-10H,18H2,1H3,(H,19,20)/b9-5+. The molecule has 0 spiro atoms. The van der Waals surface area contributed by atoms with E-state index >= 15 is 0 Å². The van der Waals surface area contributed by atoms with Crippen LogP contribution in [-0.4, -0.2) is 5.91 Å². The highest BCUT2D eigenvalue weighted by molar-refractivity contribution is 6.33. The Labute approximate surface area is 123 Å². The Morgan fingerprint density at radius 2 is 1.90 bits per heavy atom. The number of amides is 1. The van der Waals surface area contributed by atoms with E-state index < -0.39 is 0 Å². The summed E-state index contributed by atoms with van der Waals surface area (Å²) in [6, 6.07) is 12.7. The summed E-state index contributed by atoms with van der Waals surface area (Å²) < 4.78 is 0. The third kappa shape index (κ3) is 3.87. The minimum Gasteiger partial charge on any atom is -0.399 e. The summed E-state index contributed by atoms with van der Waals surface area (Å²) >= 11 is 6.02. The SMILES string of the molecule is Cc1ccc(Cl)c(NC(=O)/C=C/c2ccc(N)cc2)c1. The number of benzene rings is 2. The summed E-state index contributed by atoms with van der Waals surface area (Å²) in [7, 11) is 0. The van der Waals surface area contributed by atoms with Gasteiger partial charge in [0, 0.05) is 11.8 Å². The van der Waals surface area contributed by atoms with Crippen LogP contribution in [0.15, 0.2) is 48.5 Å². The van der Waals surface area contributed by atoms with Gasteiger partial charge in [-0.05, 0) is 48.4 Å².